The van der Waals surface area contributed by atoms with Gasteiger partial charge in [-0.25, -0.2) is 0 Å². The Labute approximate surface area is 320 Å². The van der Waals surface area contributed by atoms with Crippen LogP contribution in [-0.2, 0) is 9.59 Å². The maximum absolute atomic E-state index is 12.6. The van der Waals surface area contributed by atoms with Gasteiger partial charge in [-0.15, -0.1) is 0 Å². The summed E-state index contributed by atoms with van der Waals surface area (Å²) >= 11 is 0. The van der Waals surface area contributed by atoms with Crippen LogP contribution in [0.25, 0.3) is 0 Å². The molecule has 3 N–H and O–H groups in total. The number of unbranched alkanes of at least 4 members (excludes halogenated alkanes) is 23. The third kappa shape index (κ3) is 40.3. The van der Waals surface area contributed by atoms with E-state index in [1.807, 2.05) is 21.6 Å². The second kappa shape index (κ2) is 43.0. The molecule has 0 atom stereocenters. The SMILES string of the molecule is CCCCCCCCCCCCCCNC(=O)CCN(CCSSCCNCCCC)CCC(=O)NCCCCCCCCCCCCCC. The zero-order valence-corrected chi connectivity index (χ0v) is 35.4. The molecule has 0 rings (SSSR count). The van der Waals surface area contributed by atoms with Crippen LogP contribution in [0.2, 0.25) is 0 Å². The standard InChI is InChI=1S/C42H86N4O2S2/c1-4-7-10-12-14-16-18-20-22-24-26-28-33-44-41(47)30-36-46(38-40-50-49-39-35-43-32-9-6-3)37-31-42(48)45-34-29-27-25-23-21-19-17-15-13-11-8-5-2/h43H,4-40H2,1-3H3,(H,44,47)(H,45,48). The molecule has 0 heterocycles. The van der Waals surface area contributed by atoms with Crippen molar-refractivity contribution in [3.8, 4) is 0 Å². The molecular formula is C42H86N4O2S2. The van der Waals surface area contributed by atoms with Crippen LogP contribution in [0.5, 0.6) is 0 Å². The highest BCUT2D eigenvalue weighted by atomic mass is 33.1. The maximum Gasteiger partial charge on any atom is 0.221 e. The lowest BCUT2D eigenvalue weighted by Gasteiger charge is -2.21. The van der Waals surface area contributed by atoms with Gasteiger partial charge in [0.25, 0.3) is 0 Å². The summed E-state index contributed by atoms with van der Waals surface area (Å²) in [5, 5.41) is 9.81. The van der Waals surface area contributed by atoms with E-state index in [1.165, 1.54) is 154 Å². The Bertz CT molecular complexity index is 655. The quantitative estimate of drug-likeness (QED) is 0.0427. The topological polar surface area (TPSA) is 73.5 Å². The van der Waals surface area contributed by atoms with Crippen LogP contribution in [0, 0.1) is 0 Å². The molecule has 8 heteroatoms. The third-order valence-electron chi connectivity index (χ3n) is 9.66. The maximum atomic E-state index is 12.6. The molecule has 0 aliphatic heterocycles. The molecule has 298 valence electrons. The number of nitrogens with one attached hydrogen (secondary N) is 3. The number of amides is 2. The molecule has 0 saturated carbocycles. The molecule has 0 aliphatic rings. The van der Waals surface area contributed by atoms with E-state index in [4.69, 9.17) is 0 Å². The van der Waals surface area contributed by atoms with E-state index < -0.39 is 0 Å². The van der Waals surface area contributed by atoms with Crippen molar-refractivity contribution in [3.05, 3.63) is 0 Å². The number of carbonyl (C=O) groups is 2. The fraction of sp³-hybridized carbons (Fsp3) is 0.952. The van der Waals surface area contributed by atoms with Crippen LogP contribution in [-0.4, -0.2) is 74.0 Å². The van der Waals surface area contributed by atoms with E-state index in [0.717, 1.165) is 70.2 Å². The van der Waals surface area contributed by atoms with E-state index in [1.54, 1.807) is 0 Å². The average Bonchev–Trinajstić information content (AvgIpc) is 3.12. The Hall–Kier alpha value is -0.440. The average molecular weight is 743 g/mol. The van der Waals surface area contributed by atoms with Gasteiger partial charge < -0.3 is 20.9 Å². The van der Waals surface area contributed by atoms with Crippen molar-refractivity contribution in [2.45, 2.75) is 201 Å². The first kappa shape index (κ1) is 49.6. The van der Waals surface area contributed by atoms with Crippen LogP contribution >= 0.6 is 21.6 Å². The predicted octanol–water partition coefficient (Wildman–Crippen LogP) is 11.5. The van der Waals surface area contributed by atoms with E-state index in [0.29, 0.717) is 12.8 Å². The Morgan fingerprint density at radius 2 is 0.760 bits per heavy atom. The van der Waals surface area contributed by atoms with Gasteiger partial charge in [-0.05, 0) is 25.8 Å². The van der Waals surface area contributed by atoms with Crippen LogP contribution < -0.4 is 16.0 Å². The Morgan fingerprint density at radius 3 is 1.16 bits per heavy atom. The Morgan fingerprint density at radius 1 is 0.400 bits per heavy atom. The molecule has 0 aliphatic carbocycles. The van der Waals surface area contributed by atoms with Crippen molar-refractivity contribution in [1.29, 1.82) is 0 Å². The highest BCUT2D eigenvalue weighted by Gasteiger charge is 2.11. The van der Waals surface area contributed by atoms with Crippen LogP contribution in [0.15, 0.2) is 0 Å². The molecule has 0 fully saturated rings. The van der Waals surface area contributed by atoms with Gasteiger partial charge in [0.15, 0.2) is 0 Å². The molecule has 6 nitrogen and oxygen atoms in total. The first-order chi connectivity index (χ1) is 24.6. The van der Waals surface area contributed by atoms with E-state index in [9.17, 15) is 9.59 Å². The summed E-state index contributed by atoms with van der Waals surface area (Å²) in [7, 11) is 3.83. The molecule has 0 aromatic carbocycles. The molecule has 2 amide bonds. The third-order valence-corrected chi connectivity index (χ3v) is 12.0. The Kier molecular flexibility index (Phi) is 42.6. The predicted molar refractivity (Wildman–Crippen MR) is 227 cm³/mol. The highest BCUT2D eigenvalue weighted by Crippen LogP contribution is 2.20. The molecule has 0 aromatic heterocycles. The van der Waals surface area contributed by atoms with Crippen molar-refractivity contribution in [3.63, 3.8) is 0 Å². The first-order valence-electron chi connectivity index (χ1n) is 21.8. The van der Waals surface area contributed by atoms with Gasteiger partial charge in [0.2, 0.25) is 11.8 Å². The van der Waals surface area contributed by atoms with Gasteiger partial charge in [0.05, 0.1) is 0 Å². The zero-order chi connectivity index (χ0) is 36.4. The number of hydrogen-bond donors (Lipinski definition) is 3. The molecule has 0 aromatic rings. The summed E-state index contributed by atoms with van der Waals surface area (Å²) in [6.45, 7) is 12.9. The van der Waals surface area contributed by atoms with Crippen molar-refractivity contribution in [2.24, 2.45) is 0 Å². The minimum absolute atomic E-state index is 0.148. The first-order valence-corrected chi connectivity index (χ1v) is 24.3. The van der Waals surface area contributed by atoms with E-state index in [-0.39, 0.29) is 11.8 Å². The van der Waals surface area contributed by atoms with Crippen molar-refractivity contribution in [1.82, 2.24) is 20.9 Å². The summed E-state index contributed by atoms with van der Waals surface area (Å²) in [5.74, 6) is 2.42. The van der Waals surface area contributed by atoms with Crippen LogP contribution in [0.1, 0.15) is 201 Å². The summed E-state index contributed by atoms with van der Waals surface area (Å²) in [6.07, 6.45) is 35.5. The van der Waals surface area contributed by atoms with Crippen molar-refractivity contribution >= 4 is 33.4 Å². The molecule has 0 unspecified atom stereocenters. The number of rotatable bonds is 42. The lowest BCUT2D eigenvalue weighted by molar-refractivity contribution is -0.121. The molecule has 0 spiro atoms. The minimum atomic E-state index is 0.148. The smallest absolute Gasteiger partial charge is 0.221 e. The molecule has 0 radical (unpaired) electrons. The van der Waals surface area contributed by atoms with Gasteiger partial charge in [0.1, 0.15) is 0 Å². The summed E-state index contributed by atoms with van der Waals surface area (Å²) in [5.41, 5.74) is 0. The van der Waals surface area contributed by atoms with Gasteiger partial charge in [-0.2, -0.15) is 0 Å². The van der Waals surface area contributed by atoms with Gasteiger partial charge in [0, 0.05) is 63.6 Å². The molecule has 50 heavy (non-hydrogen) atoms. The normalized spacial score (nSPS) is 11.4. The monoisotopic (exact) mass is 743 g/mol. The number of nitrogens with zero attached hydrogens (tertiary/aromatic N) is 1. The van der Waals surface area contributed by atoms with Crippen molar-refractivity contribution < 1.29 is 9.59 Å². The second-order valence-corrected chi connectivity index (χ2v) is 17.3. The largest absolute Gasteiger partial charge is 0.356 e. The zero-order valence-electron chi connectivity index (χ0n) is 33.7. The fourth-order valence-electron chi connectivity index (χ4n) is 6.24. The summed E-state index contributed by atoms with van der Waals surface area (Å²) in [4.78, 5) is 27.6. The van der Waals surface area contributed by atoms with Crippen LogP contribution in [0.3, 0.4) is 0 Å². The number of hydrogen-bond acceptors (Lipinski definition) is 6. The van der Waals surface area contributed by atoms with E-state index >= 15 is 0 Å². The molecular weight excluding hydrogens is 657 g/mol. The Balaban J connectivity index is 4.10. The highest BCUT2D eigenvalue weighted by molar-refractivity contribution is 8.76. The van der Waals surface area contributed by atoms with Gasteiger partial charge in [-0.1, -0.05) is 190 Å². The second-order valence-electron chi connectivity index (χ2n) is 14.6. The summed E-state index contributed by atoms with van der Waals surface area (Å²) < 4.78 is 0. The molecule has 0 bridgehead atoms. The molecule has 0 saturated heterocycles. The van der Waals surface area contributed by atoms with Gasteiger partial charge in [-0.3, -0.25) is 9.59 Å². The van der Waals surface area contributed by atoms with Crippen LogP contribution in [0.4, 0.5) is 0 Å². The van der Waals surface area contributed by atoms with Gasteiger partial charge >= 0.3 is 0 Å². The fourth-order valence-corrected chi connectivity index (χ4v) is 8.22. The summed E-state index contributed by atoms with van der Waals surface area (Å²) in [6, 6.07) is 0. The lowest BCUT2D eigenvalue weighted by atomic mass is 10.1. The minimum Gasteiger partial charge on any atom is -0.356 e. The number of carbonyl (C=O) groups excluding carboxylic acids is 2. The van der Waals surface area contributed by atoms with E-state index in [2.05, 4.69) is 41.6 Å². The lowest BCUT2D eigenvalue weighted by Crippen LogP contribution is -2.35. The van der Waals surface area contributed by atoms with Crippen molar-refractivity contribution in [2.75, 3.05) is 57.3 Å².